The van der Waals surface area contributed by atoms with E-state index in [1.807, 2.05) is 6.92 Å². The average Bonchev–Trinajstić information content (AvgIpc) is 2.27. The molecule has 1 atom stereocenters. The zero-order valence-corrected chi connectivity index (χ0v) is 9.21. The van der Waals surface area contributed by atoms with Crippen LogP contribution in [0.2, 0.25) is 0 Å². The average molecular weight is 213 g/mol. The number of rotatable bonds is 4. The summed E-state index contributed by atoms with van der Waals surface area (Å²) in [5.41, 5.74) is 5.73. The lowest BCUT2D eigenvalue weighted by Crippen LogP contribution is -2.34. The van der Waals surface area contributed by atoms with E-state index in [2.05, 4.69) is 0 Å². The number of hydrogen-bond donors (Lipinski definition) is 1. The van der Waals surface area contributed by atoms with Gasteiger partial charge in [0, 0.05) is 25.3 Å². The first-order valence-corrected chi connectivity index (χ1v) is 4.66. The highest BCUT2D eigenvalue weighted by Gasteiger charge is 2.28. The van der Waals surface area contributed by atoms with Gasteiger partial charge >= 0.3 is 0 Å². The van der Waals surface area contributed by atoms with Gasteiger partial charge in [-0.3, -0.25) is 0 Å². The molecule has 15 heavy (non-hydrogen) atoms. The summed E-state index contributed by atoms with van der Waals surface area (Å²) in [6, 6.07) is 4.32. The predicted molar refractivity (Wildman–Crippen MR) is 56.4 cm³/mol. The zero-order valence-electron chi connectivity index (χ0n) is 9.21. The fourth-order valence-electron chi connectivity index (χ4n) is 1.41. The highest BCUT2D eigenvalue weighted by atomic mass is 19.1. The van der Waals surface area contributed by atoms with Crippen molar-refractivity contribution in [3.63, 3.8) is 0 Å². The van der Waals surface area contributed by atoms with E-state index >= 15 is 0 Å². The monoisotopic (exact) mass is 213 g/mol. The SMILES string of the molecule is COc1cc(F)ccc1C(C)(CN)OC. The third-order valence-corrected chi connectivity index (χ3v) is 2.57. The minimum Gasteiger partial charge on any atom is -0.496 e. The molecule has 4 heteroatoms. The van der Waals surface area contributed by atoms with Crippen LogP contribution >= 0.6 is 0 Å². The third-order valence-electron chi connectivity index (χ3n) is 2.57. The summed E-state index contributed by atoms with van der Waals surface area (Å²) < 4.78 is 23.4. The molecule has 1 rings (SSSR count). The molecule has 0 spiro atoms. The van der Waals surface area contributed by atoms with Gasteiger partial charge in [-0.15, -0.1) is 0 Å². The largest absolute Gasteiger partial charge is 0.496 e. The summed E-state index contributed by atoms with van der Waals surface area (Å²) in [5, 5.41) is 0. The normalized spacial score (nSPS) is 14.7. The summed E-state index contributed by atoms with van der Waals surface area (Å²) in [5.74, 6) is 0.107. The number of benzene rings is 1. The quantitative estimate of drug-likeness (QED) is 0.827. The molecule has 0 aliphatic carbocycles. The second-order valence-electron chi connectivity index (χ2n) is 3.48. The van der Waals surface area contributed by atoms with E-state index in [0.29, 0.717) is 12.3 Å². The number of methoxy groups -OCH3 is 2. The minimum absolute atomic E-state index is 0.297. The summed E-state index contributed by atoms with van der Waals surface area (Å²) in [7, 11) is 3.06. The molecule has 1 aromatic carbocycles. The third kappa shape index (κ3) is 2.27. The van der Waals surface area contributed by atoms with E-state index in [-0.39, 0.29) is 5.82 Å². The van der Waals surface area contributed by atoms with Gasteiger partial charge in [-0.1, -0.05) is 0 Å². The van der Waals surface area contributed by atoms with Crippen LogP contribution in [0.25, 0.3) is 0 Å². The maximum atomic E-state index is 13.0. The second-order valence-corrected chi connectivity index (χ2v) is 3.48. The van der Waals surface area contributed by atoms with Crippen LogP contribution in [0, 0.1) is 5.82 Å². The molecule has 84 valence electrons. The van der Waals surface area contributed by atoms with Crippen LogP contribution in [0.4, 0.5) is 4.39 Å². The lowest BCUT2D eigenvalue weighted by atomic mass is 9.95. The fraction of sp³-hybridized carbons (Fsp3) is 0.455. The van der Waals surface area contributed by atoms with Crippen LogP contribution < -0.4 is 10.5 Å². The Kier molecular flexibility index (Phi) is 3.66. The molecule has 1 aromatic rings. The number of nitrogens with two attached hydrogens (primary N) is 1. The van der Waals surface area contributed by atoms with E-state index in [0.717, 1.165) is 5.56 Å². The van der Waals surface area contributed by atoms with Gasteiger partial charge in [-0.2, -0.15) is 0 Å². The molecule has 0 bridgehead atoms. The Balaban J connectivity index is 3.23. The van der Waals surface area contributed by atoms with Gasteiger partial charge in [-0.05, 0) is 19.1 Å². The van der Waals surface area contributed by atoms with E-state index < -0.39 is 5.60 Å². The molecular weight excluding hydrogens is 197 g/mol. The van der Waals surface area contributed by atoms with E-state index in [9.17, 15) is 4.39 Å². The first-order valence-electron chi connectivity index (χ1n) is 4.66. The van der Waals surface area contributed by atoms with E-state index in [1.54, 1.807) is 13.2 Å². The smallest absolute Gasteiger partial charge is 0.127 e. The number of halogens is 1. The second kappa shape index (κ2) is 4.59. The van der Waals surface area contributed by atoms with Crippen molar-refractivity contribution in [2.45, 2.75) is 12.5 Å². The molecular formula is C11H16FNO2. The van der Waals surface area contributed by atoms with E-state index in [4.69, 9.17) is 15.2 Å². The Bertz CT molecular complexity index is 337. The maximum absolute atomic E-state index is 13.0. The highest BCUT2D eigenvalue weighted by Crippen LogP contribution is 2.32. The van der Waals surface area contributed by atoms with Gasteiger partial charge in [0.25, 0.3) is 0 Å². The van der Waals surface area contributed by atoms with Crippen molar-refractivity contribution in [1.29, 1.82) is 0 Å². The summed E-state index contributed by atoms with van der Waals surface area (Å²) >= 11 is 0. The zero-order chi connectivity index (χ0) is 11.5. The topological polar surface area (TPSA) is 44.5 Å². The van der Waals surface area contributed by atoms with Crippen molar-refractivity contribution in [1.82, 2.24) is 0 Å². The molecule has 2 N–H and O–H groups in total. The summed E-state index contributed by atoms with van der Waals surface area (Å²) in [6.07, 6.45) is 0. The Labute approximate surface area is 89.0 Å². The fourth-order valence-corrected chi connectivity index (χ4v) is 1.41. The van der Waals surface area contributed by atoms with Gasteiger partial charge in [0.05, 0.1) is 7.11 Å². The minimum atomic E-state index is -0.654. The van der Waals surface area contributed by atoms with Gasteiger partial charge in [0.1, 0.15) is 17.2 Å². The predicted octanol–water partition coefficient (Wildman–Crippen LogP) is 1.65. The van der Waals surface area contributed by atoms with E-state index in [1.165, 1.54) is 19.2 Å². The van der Waals surface area contributed by atoms with Crippen LogP contribution in [-0.2, 0) is 10.3 Å². The molecule has 0 amide bonds. The molecule has 0 aliphatic rings. The summed E-state index contributed by atoms with van der Waals surface area (Å²) in [6.45, 7) is 2.13. The van der Waals surface area contributed by atoms with Crippen LogP contribution in [0.15, 0.2) is 18.2 Å². The molecule has 0 radical (unpaired) electrons. The molecule has 0 aromatic heterocycles. The highest BCUT2D eigenvalue weighted by molar-refractivity contribution is 5.38. The molecule has 0 saturated carbocycles. The van der Waals surface area contributed by atoms with Crippen LogP contribution in [0.1, 0.15) is 12.5 Å². The van der Waals surface area contributed by atoms with Crippen molar-refractivity contribution in [2.75, 3.05) is 20.8 Å². The van der Waals surface area contributed by atoms with Crippen molar-refractivity contribution in [3.8, 4) is 5.75 Å². The molecule has 0 fully saturated rings. The van der Waals surface area contributed by atoms with Crippen molar-refractivity contribution in [3.05, 3.63) is 29.6 Å². The number of hydrogen-bond acceptors (Lipinski definition) is 3. The first-order chi connectivity index (χ1) is 7.07. The van der Waals surface area contributed by atoms with Crippen molar-refractivity contribution < 1.29 is 13.9 Å². The lowest BCUT2D eigenvalue weighted by Gasteiger charge is -2.28. The Morgan fingerprint density at radius 1 is 1.40 bits per heavy atom. The van der Waals surface area contributed by atoms with Gasteiger partial charge in [0.2, 0.25) is 0 Å². The van der Waals surface area contributed by atoms with Crippen LogP contribution in [0.5, 0.6) is 5.75 Å². The van der Waals surface area contributed by atoms with Crippen molar-refractivity contribution >= 4 is 0 Å². The Morgan fingerprint density at radius 2 is 2.07 bits per heavy atom. The van der Waals surface area contributed by atoms with Gasteiger partial charge in [0.15, 0.2) is 0 Å². The summed E-state index contributed by atoms with van der Waals surface area (Å²) in [4.78, 5) is 0. The van der Waals surface area contributed by atoms with Crippen LogP contribution in [-0.4, -0.2) is 20.8 Å². The standard InChI is InChI=1S/C11H16FNO2/c1-11(7-13,15-3)9-5-4-8(12)6-10(9)14-2/h4-6H,7,13H2,1-3H3. The number of ether oxygens (including phenoxy) is 2. The molecule has 0 aliphatic heterocycles. The Hall–Kier alpha value is -1.13. The van der Waals surface area contributed by atoms with Gasteiger partial charge in [-0.25, -0.2) is 4.39 Å². The maximum Gasteiger partial charge on any atom is 0.127 e. The van der Waals surface area contributed by atoms with Crippen LogP contribution in [0.3, 0.4) is 0 Å². The molecule has 0 saturated heterocycles. The lowest BCUT2D eigenvalue weighted by molar-refractivity contribution is 0.00815. The molecule has 0 heterocycles. The Morgan fingerprint density at radius 3 is 2.53 bits per heavy atom. The molecule has 1 unspecified atom stereocenters. The van der Waals surface area contributed by atoms with Gasteiger partial charge < -0.3 is 15.2 Å². The first kappa shape index (κ1) is 11.9. The molecule has 3 nitrogen and oxygen atoms in total. The van der Waals surface area contributed by atoms with Crippen molar-refractivity contribution in [2.24, 2.45) is 5.73 Å².